The van der Waals surface area contributed by atoms with Crippen LogP contribution < -0.4 is 10.6 Å². The Kier molecular flexibility index (Phi) is 6.06. The SMILES string of the molecule is CCc1cccc(C)c1NC(=O)c1cncc(C(=O)Nc2ccc(Cl)cc2)c1. The zero-order valence-corrected chi connectivity index (χ0v) is 16.4. The van der Waals surface area contributed by atoms with E-state index in [0.29, 0.717) is 21.8 Å². The van der Waals surface area contributed by atoms with Crippen molar-refractivity contribution in [2.24, 2.45) is 0 Å². The molecule has 0 unspecified atom stereocenters. The summed E-state index contributed by atoms with van der Waals surface area (Å²) >= 11 is 5.85. The lowest BCUT2D eigenvalue weighted by atomic mass is 10.1. The molecular weight excluding hydrogens is 374 g/mol. The molecule has 6 heteroatoms. The molecule has 0 saturated heterocycles. The maximum absolute atomic E-state index is 12.7. The van der Waals surface area contributed by atoms with Gasteiger partial charge in [-0.05, 0) is 54.8 Å². The normalized spacial score (nSPS) is 10.4. The number of hydrogen-bond donors (Lipinski definition) is 2. The molecule has 5 nitrogen and oxygen atoms in total. The molecule has 142 valence electrons. The number of amides is 2. The van der Waals surface area contributed by atoms with Crippen molar-refractivity contribution < 1.29 is 9.59 Å². The number of para-hydroxylation sites is 1. The topological polar surface area (TPSA) is 71.1 Å². The number of pyridine rings is 1. The van der Waals surface area contributed by atoms with Crippen LogP contribution in [0.3, 0.4) is 0 Å². The molecule has 0 aliphatic carbocycles. The molecule has 1 aromatic heterocycles. The molecule has 2 amide bonds. The van der Waals surface area contributed by atoms with Crippen molar-refractivity contribution in [3.05, 3.63) is 88.2 Å². The van der Waals surface area contributed by atoms with Crippen molar-refractivity contribution in [1.82, 2.24) is 4.98 Å². The molecular formula is C22H20ClN3O2. The van der Waals surface area contributed by atoms with Crippen molar-refractivity contribution in [3.8, 4) is 0 Å². The molecule has 2 N–H and O–H groups in total. The quantitative estimate of drug-likeness (QED) is 0.632. The summed E-state index contributed by atoms with van der Waals surface area (Å²) in [5.74, 6) is -0.660. The Morgan fingerprint density at radius 1 is 0.964 bits per heavy atom. The zero-order chi connectivity index (χ0) is 20.1. The van der Waals surface area contributed by atoms with Crippen LogP contribution in [0.2, 0.25) is 5.02 Å². The summed E-state index contributed by atoms with van der Waals surface area (Å²) in [6.07, 6.45) is 3.67. The lowest BCUT2D eigenvalue weighted by Gasteiger charge is -2.13. The average Bonchev–Trinajstić information content (AvgIpc) is 2.71. The zero-order valence-electron chi connectivity index (χ0n) is 15.6. The van der Waals surface area contributed by atoms with Gasteiger partial charge in [-0.1, -0.05) is 36.7 Å². The Balaban J connectivity index is 1.78. The van der Waals surface area contributed by atoms with E-state index in [1.54, 1.807) is 24.3 Å². The van der Waals surface area contributed by atoms with Crippen LogP contribution in [0.15, 0.2) is 60.9 Å². The maximum atomic E-state index is 12.7. The number of halogens is 1. The van der Waals surface area contributed by atoms with Gasteiger partial charge < -0.3 is 10.6 Å². The van der Waals surface area contributed by atoms with Crippen molar-refractivity contribution in [2.45, 2.75) is 20.3 Å². The molecule has 0 aliphatic rings. The smallest absolute Gasteiger partial charge is 0.257 e. The number of carbonyl (C=O) groups is 2. The molecule has 1 heterocycles. The predicted molar refractivity (Wildman–Crippen MR) is 112 cm³/mol. The van der Waals surface area contributed by atoms with Gasteiger partial charge in [-0.25, -0.2) is 0 Å². The number of nitrogens with zero attached hydrogens (tertiary/aromatic N) is 1. The van der Waals surface area contributed by atoms with E-state index in [0.717, 1.165) is 23.2 Å². The Morgan fingerprint density at radius 3 is 2.25 bits per heavy atom. The van der Waals surface area contributed by atoms with Crippen molar-refractivity contribution in [1.29, 1.82) is 0 Å². The first-order valence-electron chi connectivity index (χ1n) is 8.89. The molecule has 0 aliphatic heterocycles. The number of hydrogen-bond acceptors (Lipinski definition) is 3. The minimum absolute atomic E-state index is 0.295. The van der Waals surface area contributed by atoms with Crippen LogP contribution in [0.5, 0.6) is 0 Å². The fraction of sp³-hybridized carbons (Fsp3) is 0.136. The molecule has 0 fully saturated rings. The third-order valence-corrected chi connectivity index (χ3v) is 4.60. The third-order valence-electron chi connectivity index (χ3n) is 4.34. The highest BCUT2D eigenvalue weighted by Crippen LogP contribution is 2.22. The fourth-order valence-electron chi connectivity index (χ4n) is 2.81. The number of nitrogens with one attached hydrogen (secondary N) is 2. The van der Waals surface area contributed by atoms with Gasteiger partial charge >= 0.3 is 0 Å². The largest absolute Gasteiger partial charge is 0.322 e. The van der Waals surface area contributed by atoms with E-state index in [-0.39, 0.29) is 11.8 Å². The van der Waals surface area contributed by atoms with Crippen molar-refractivity contribution in [2.75, 3.05) is 10.6 Å². The molecule has 2 aromatic carbocycles. The summed E-state index contributed by atoms with van der Waals surface area (Å²) in [5.41, 5.74) is 4.05. The van der Waals surface area contributed by atoms with Gasteiger partial charge in [0.15, 0.2) is 0 Å². The van der Waals surface area contributed by atoms with Crippen LogP contribution >= 0.6 is 11.6 Å². The Hall–Kier alpha value is -3.18. The van der Waals surface area contributed by atoms with E-state index in [9.17, 15) is 9.59 Å². The fourth-order valence-corrected chi connectivity index (χ4v) is 2.94. The average molecular weight is 394 g/mol. The number of anilines is 2. The first kappa shape index (κ1) is 19.6. The lowest BCUT2D eigenvalue weighted by Crippen LogP contribution is -2.17. The third kappa shape index (κ3) is 4.56. The summed E-state index contributed by atoms with van der Waals surface area (Å²) in [7, 11) is 0. The molecule has 0 spiro atoms. The highest BCUT2D eigenvalue weighted by molar-refractivity contribution is 6.30. The van der Waals surface area contributed by atoms with Crippen LogP contribution in [0.1, 0.15) is 38.8 Å². The molecule has 28 heavy (non-hydrogen) atoms. The predicted octanol–water partition coefficient (Wildman–Crippen LogP) is 5.11. The second-order valence-electron chi connectivity index (χ2n) is 6.34. The van der Waals surface area contributed by atoms with Gasteiger partial charge in [0, 0.05) is 28.8 Å². The Labute approximate surface area is 168 Å². The van der Waals surface area contributed by atoms with Crippen molar-refractivity contribution in [3.63, 3.8) is 0 Å². The minimum Gasteiger partial charge on any atom is -0.322 e. The summed E-state index contributed by atoms with van der Waals surface area (Å²) in [4.78, 5) is 29.2. The summed E-state index contributed by atoms with van der Waals surface area (Å²) < 4.78 is 0. The van der Waals surface area contributed by atoms with Gasteiger partial charge in [0.25, 0.3) is 11.8 Å². The lowest BCUT2D eigenvalue weighted by molar-refractivity contribution is 0.102. The molecule has 3 aromatic rings. The van der Waals surface area contributed by atoms with E-state index in [1.807, 2.05) is 32.0 Å². The summed E-state index contributed by atoms with van der Waals surface area (Å²) in [6.45, 7) is 3.98. The number of rotatable bonds is 5. The van der Waals surface area contributed by atoms with Gasteiger partial charge in [-0.2, -0.15) is 0 Å². The van der Waals surface area contributed by atoms with Crippen LogP contribution in [0.25, 0.3) is 0 Å². The highest BCUT2D eigenvalue weighted by Gasteiger charge is 2.14. The van der Waals surface area contributed by atoms with Gasteiger partial charge in [0.2, 0.25) is 0 Å². The standard InChI is InChI=1S/C22H20ClN3O2/c1-3-15-6-4-5-14(2)20(15)26-22(28)17-11-16(12-24-13-17)21(27)25-19-9-7-18(23)8-10-19/h4-13H,3H2,1-2H3,(H,25,27)(H,26,28). The number of carbonyl (C=O) groups excluding carboxylic acids is 2. The Bertz CT molecular complexity index is 1020. The van der Waals surface area contributed by atoms with Crippen LogP contribution in [0.4, 0.5) is 11.4 Å². The number of aromatic nitrogens is 1. The molecule has 0 radical (unpaired) electrons. The molecule has 0 atom stereocenters. The van der Waals surface area contributed by atoms with Crippen LogP contribution in [-0.2, 0) is 6.42 Å². The first-order chi connectivity index (χ1) is 13.5. The van der Waals surface area contributed by atoms with E-state index in [1.165, 1.54) is 18.5 Å². The van der Waals surface area contributed by atoms with E-state index in [4.69, 9.17) is 11.6 Å². The maximum Gasteiger partial charge on any atom is 0.257 e. The molecule has 0 saturated carbocycles. The minimum atomic E-state index is -0.352. The van der Waals surface area contributed by atoms with Gasteiger partial charge in [-0.3, -0.25) is 14.6 Å². The van der Waals surface area contributed by atoms with E-state index < -0.39 is 0 Å². The van der Waals surface area contributed by atoms with Gasteiger partial charge in [0.05, 0.1) is 11.1 Å². The molecule has 0 bridgehead atoms. The van der Waals surface area contributed by atoms with E-state index >= 15 is 0 Å². The number of aryl methyl sites for hydroxylation is 2. The van der Waals surface area contributed by atoms with Gasteiger partial charge in [-0.15, -0.1) is 0 Å². The Morgan fingerprint density at radius 2 is 1.61 bits per heavy atom. The van der Waals surface area contributed by atoms with Gasteiger partial charge in [0.1, 0.15) is 0 Å². The van der Waals surface area contributed by atoms with E-state index in [2.05, 4.69) is 15.6 Å². The van der Waals surface area contributed by atoms with Crippen LogP contribution in [-0.4, -0.2) is 16.8 Å². The second kappa shape index (κ2) is 8.67. The first-order valence-corrected chi connectivity index (χ1v) is 9.27. The second-order valence-corrected chi connectivity index (χ2v) is 6.78. The molecule has 3 rings (SSSR count). The number of benzene rings is 2. The van der Waals surface area contributed by atoms with Crippen molar-refractivity contribution >= 4 is 34.8 Å². The monoisotopic (exact) mass is 393 g/mol. The summed E-state index contributed by atoms with van der Waals surface area (Å²) in [5, 5.41) is 6.29. The highest BCUT2D eigenvalue weighted by atomic mass is 35.5. The van der Waals surface area contributed by atoms with Crippen LogP contribution in [0, 0.1) is 6.92 Å². The summed E-state index contributed by atoms with van der Waals surface area (Å²) in [6, 6.07) is 14.2.